The SMILES string of the molecule is Cc1cccc(C(=O)N2[C@H]3CCC[C@@H]2c2nn(C)c(-c4cc(F)c(F)c(F)c4)c2C3)c1-n1nccn1. The van der Waals surface area contributed by atoms with E-state index in [4.69, 9.17) is 5.10 Å². The smallest absolute Gasteiger partial charge is 0.256 e. The van der Waals surface area contributed by atoms with Gasteiger partial charge in [0.15, 0.2) is 17.5 Å². The molecule has 6 rings (SSSR count). The van der Waals surface area contributed by atoms with Crippen LogP contribution in [-0.4, -0.2) is 41.6 Å². The standard InChI is InChI=1S/C26H23F3N6O/c1-14-5-3-7-17(24(14)35-30-9-10-31-35)26(36)34-16-6-4-8-21(34)23-18(13-16)25(33(2)32-23)15-11-19(27)22(29)20(28)12-15/h3,5,7,9-12,16,21H,4,6,8,13H2,1-2H3/t16-,21+/m0/s1. The predicted octanol–water partition coefficient (Wildman–Crippen LogP) is 4.69. The zero-order valence-electron chi connectivity index (χ0n) is 19.8. The van der Waals surface area contributed by atoms with Crippen LogP contribution in [-0.2, 0) is 13.5 Å². The van der Waals surface area contributed by atoms with Gasteiger partial charge in [-0.15, -0.1) is 0 Å². The van der Waals surface area contributed by atoms with Gasteiger partial charge in [-0.05, 0) is 56.4 Å². The van der Waals surface area contributed by atoms with E-state index in [-0.39, 0.29) is 23.6 Å². The van der Waals surface area contributed by atoms with E-state index in [0.717, 1.165) is 42.5 Å². The van der Waals surface area contributed by atoms with E-state index in [2.05, 4.69) is 10.2 Å². The van der Waals surface area contributed by atoms with Gasteiger partial charge in [-0.25, -0.2) is 13.2 Å². The molecule has 2 aliphatic rings. The van der Waals surface area contributed by atoms with E-state index < -0.39 is 17.5 Å². The highest BCUT2D eigenvalue weighted by molar-refractivity contribution is 5.99. The van der Waals surface area contributed by atoms with Gasteiger partial charge in [0.1, 0.15) is 5.69 Å². The molecule has 1 fully saturated rings. The van der Waals surface area contributed by atoms with Crippen LogP contribution in [0.4, 0.5) is 13.2 Å². The van der Waals surface area contributed by atoms with Gasteiger partial charge in [-0.1, -0.05) is 12.1 Å². The number of hydrogen-bond donors (Lipinski definition) is 0. The average Bonchev–Trinajstić information content (AvgIpc) is 3.49. The van der Waals surface area contributed by atoms with Gasteiger partial charge in [-0.2, -0.15) is 20.1 Å². The molecule has 1 amide bonds. The molecular formula is C26H23F3N6O. The molecule has 10 heteroatoms. The average molecular weight is 493 g/mol. The lowest BCUT2D eigenvalue weighted by Crippen LogP contribution is -2.50. The Bertz CT molecular complexity index is 1470. The van der Waals surface area contributed by atoms with Gasteiger partial charge in [-0.3, -0.25) is 9.48 Å². The molecule has 0 radical (unpaired) electrons. The first-order chi connectivity index (χ1) is 17.3. The van der Waals surface area contributed by atoms with E-state index in [9.17, 15) is 18.0 Å². The maximum atomic E-state index is 14.1. The Morgan fingerprint density at radius 1 is 1.06 bits per heavy atom. The number of halogens is 3. The van der Waals surface area contributed by atoms with Crippen LogP contribution in [0.3, 0.4) is 0 Å². The van der Waals surface area contributed by atoms with Crippen LogP contribution >= 0.6 is 0 Å². The predicted molar refractivity (Wildman–Crippen MR) is 125 cm³/mol. The number of piperidine rings is 1. The Labute approximate surface area is 205 Å². The largest absolute Gasteiger partial charge is 0.327 e. The van der Waals surface area contributed by atoms with Crippen molar-refractivity contribution >= 4 is 5.91 Å². The molecule has 36 heavy (non-hydrogen) atoms. The lowest BCUT2D eigenvalue weighted by atomic mass is 9.81. The summed E-state index contributed by atoms with van der Waals surface area (Å²) in [5.74, 6) is -4.11. The summed E-state index contributed by atoms with van der Waals surface area (Å²) in [4.78, 5) is 17.4. The van der Waals surface area contributed by atoms with Gasteiger partial charge in [0.2, 0.25) is 0 Å². The minimum Gasteiger partial charge on any atom is -0.327 e. The highest BCUT2D eigenvalue weighted by Gasteiger charge is 2.44. The molecular weight excluding hydrogens is 469 g/mol. The van der Waals surface area contributed by atoms with Crippen molar-refractivity contribution in [2.75, 3.05) is 0 Å². The lowest BCUT2D eigenvalue weighted by molar-refractivity contribution is 0.0391. The molecule has 2 bridgehead atoms. The van der Waals surface area contributed by atoms with Gasteiger partial charge >= 0.3 is 0 Å². The number of para-hydroxylation sites is 1. The fourth-order valence-corrected chi connectivity index (χ4v) is 5.77. The van der Waals surface area contributed by atoms with Crippen molar-refractivity contribution in [3.05, 3.63) is 82.6 Å². The molecule has 0 spiro atoms. The van der Waals surface area contributed by atoms with E-state index in [1.165, 1.54) is 4.80 Å². The van der Waals surface area contributed by atoms with Crippen LogP contribution in [0.15, 0.2) is 42.7 Å². The van der Waals surface area contributed by atoms with E-state index in [1.807, 2.05) is 24.0 Å². The van der Waals surface area contributed by atoms with Crippen molar-refractivity contribution in [1.29, 1.82) is 0 Å². The highest BCUT2D eigenvalue weighted by atomic mass is 19.2. The molecule has 2 aromatic carbocycles. The van der Waals surface area contributed by atoms with Crippen LogP contribution < -0.4 is 0 Å². The zero-order chi connectivity index (χ0) is 25.1. The Balaban J connectivity index is 1.45. The van der Waals surface area contributed by atoms with Crippen molar-refractivity contribution in [2.24, 2.45) is 7.05 Å². The Hall–Kier alpha value is -3.95. The third kappa shape index (κ3) is 3.35. The van der Waals surface area contributed by atoms with Gasteiger partial charge in [0.05, 0.1) is 35.4 Å². The Kier molecular flexibility index (Phi) is 5.20. The molecule has 0 N–H and O–H groups in total. The van der Waals surface area contributed by atoms with Crippen molar-refractivity contribution in [3.63, 3.8) is 0 Å². The molecule has 0 saturated carbocycles. The molecule has 7 nitrogen and oxygen atoms in total. The molecule has 0 unspecified atom stereocenters. The van der Waals surface area contributed by atoms with Crippen LogP contribution in [0.1, 0.15) is 52.5 Å². The van der Waals surface area contributed by atoms with Gasteiger partial charge in [0, 0.05) is 24.2 Å². The summed E-state index contributed by atoms with van der Waals surface area (Å²) >= 11 is 0. The van der Waals surface area contributed by atoms with Crippen LogP contribution in [0, 0.1) is 24.4 Å². The minimum atomic E-state index is -1.50. The minimum absolute atomic E-state index is 0.110. The number of benzene rings is 2. The monoisotopic (exact) mass is 492 g/mol. The fourth-order valence-electron chi connectivity index (χ4n) is 5.77. The maximum absolute atomic E-state index is 14.1. The molecule has 1 saturated heterocycles. The summed E-state index contributed by atoms with van der Waals surface area (Å²) in [6.45, 7) is 1.91. The number of carbonyl (C=O) groups excluding carboxylic acids is 1. The Morgan fingerprint density at radius 3 is 2.50 bits per heavy atom. The first-order valence-corrected chi connectivity index (χ1v) is 11.8. The number of carbonyl (C=O) groups is 1. The molecule has 4 aromatic rings. The summed E-state index contributed by atoms with van der Waals surface area (Å²) in [6.07, 6.45) is 6.08. The number of aromatic nitrogens is 5. The second kappa shape index (κ2) is 8.32. The van der Waals surface area contributed by atoms with E-state index >= 15 is 0 Å². The molecule has 4 heterocycles. The number of aryl methyl sites for hydroxylation is 2. The lowest BCUT2D eigenvalue weighted by Gasteiger charge is -2.45. The molecule has 2 aliphatic heterocycles. The van der Waals surface area contributed by atoms with Crippen molar-refractivity contribution in [3.8, 4) is 16.9 Å². The Morgan fingerprint density at radius 2 is 1.78 bits per heavy atom. The van der Waals surface area contributed by atoms with Crippen LogP contribution in [0.5, 0.6) is 0 Å². The quantitative estimate of drug-likeness (QED) is 0.390. The molecule has 0 aliphatic carbocycles. The van der Waals surface area contributed by atoms with Crippen molar-refractivity contribution < 1.29 is 18.0 Å². The number of hydrogen-bond acceptors (Lipinski definition) is 4. The number of amides is 1. The summed E-state index contributed by atoms with van der Waals surface area (Å²) in [7, 11) is 1.70. The van der Waals surface area contributed by atoms with Crippen molar-refractivity contribution in [2.45, 2.75) is 44.7 Å². The summed E-state index contributed by atoms with van der Waals surface area (Å²) in [6, 6.07) is 7.15. The highest BCUT2D eigenvalue weighted by Crippen LogP contribution is 2.45. The van der Waals surface area contributed by atoms with Gasteiger partial charge in [0.25, 0.3) is 5.91 Å². The normalized spacial score (nSPS) is 18.9. The third-order valence-corrected chi connectivity index (χ3v) is 7.25. The fraction of sp³-hybridized carbons (Fsp3) is 0.308. The summed E-state index contributed by atoms with van der Waals surface area (Å²) in [5, 5.41) is 13.2. The first-order valence-electron chi connectivity index (χ1n) is 11.8. The summed E-state index contributed by atoms with van der Waals surface area (Å²) in [5.41, 5.74) is 4.35. The van der Waals surface area contributed by atoms with Gasteiger partial charge < -0.3 is 4.90 Å². The van der Waals surface area contributed by atoms with Crippen molar-refractivity contribution in [1.82, 2.24) is 29.7 Å². The zero-order valence-corrected chi connectivity index (χ0v) is 19.8. The maximum Gasteiger partial charge on any atom is 0.256 e. The molecule has 2 aromatic heterocycles. The van der Waals surface area contributed by atoms with Crippen LogP contribution in [0.2, 0.25) is 0 Å². The number of fused-ring (bicyclic) bond motifs is 4. The second-order valence-corrected chi connectivity index (χ2v) is 9.40. The second-order valence-electron chi connectivity index (χ2n) is 9.40. The third-order valence-electron chi connectivity index (χ3n) is 7.25. The van der Waals surface area contributed by atoms with Crippen LogP contribution in [0.25, 0.3) is 16.9 Å². The number of rotatable bonds is 3. The molecule has 184 valence electrons. The topological polar surface area (TPSA) is 68.8 Å². The van der Waals surface area contributed by atoms with E-state index in [0.29, 0.717) is 29.1 Å². The summed E-state index contributed by atoms with van der Waals surface area (Å²) < 4.78 is 43.3. The van der Waals surface area contributed by atoms with E-state index in [1.54, 1.807) is 30.2 Å². The molecule has 2 atom stereocenters. The first kappa shape index (κ1) is 22.5. The number of nitrogens with zero attached hydrogens (tertiary/aromatic N) is 6.